The third-order valence-corrected chi connectivity index (χ3v) is 5.10. The molecule has 5 heteroatoms. The molecule has 2 aromatic rings. The molecule has 0 N–H and O–H groups in total. The lowest BCUT2D eigenvalue weighted by molar-refractivity contribution is 0.0531. The Morgan fingerprint density at radius 1 is 1.42 bits per heavy atom. The molecule has 0 amide bonds. The van der Waals surface area contributed by atoms with Crippen molar-refractivity contribution >= 4 is 43.3 Å². The number of carbonyl (C=O) groups excluding carboxylic acids is 1. The Morgan fingerprint density at radius 3 is 2.79 bits per heavy atom. The van der Waals surface area contributed by atoms with Crippen molar-refractivity contribution in [2.24, 2.45) is 0 Å². The molecule has 1 heterocycles. The summed E-state index contributed by atoms with van der Waals surface area (Å²) < 4.78 is 12.4. The Kier molecular flexibility index (Phi) is 4.60. The molecular weight excluding hydrogens is 328 g/mol. The zero-order valence-electron chi connectivity index (χ0n) is 11.1. The highest BCUT2D eigenvalue weighted by molar-refractivity contribution is 9.10. The maximum absolute atomic E-state index is 12.0. The van der Waals surface area contributed by atoms with Gasteiger partial charge in [0.2, 0.25) is 0 Å². The Hall–Kier alpha value is -0.910. The molecule has 0 aliphatic rings. The van der Waals surface area contributed by atoms with E-state index in [-0.39, 0.29) is 5.97 Å². The molecule has 19 heavy (non-hydrogen) atoms. The SMILES string of the molecule is CCOC(=O)c1sc2c(Br)ccc(COC)c2c1C. The molecule has 0 atom stereocenters. The van der Waals surface area contributed by atoms with Crippen LogP contribution in [-0.2, 0) is 16.1 Å². The highest BCUT2D eigenvalue weighted by atomic mass is 79.9. The fourth-order valence-electron chi connectivity index (χ4n) is 2.07. The summed E-state index contributed by atoms with van der Waals surface area (Å²) in [5, 5.41) is 1.09. The van der Waals surface area contributed by atoms with Crippen LogP contribution >= 0.6 is 27.3 Å². The van der Waals surface area contributed by atoms with Crippen LogP contribution in [0.5, 0.6) is 0 Å². The van der Waals surface area contributed by atoms with Crippen LogP contribution in [-0.4, -0.2) is 19.7 Å². The fourth-order valence-corrected chi connectivity index (χ4v) is 3.79. The van der Waals surface area contributed by atoms with Crippen molar-refractivity contribution < 1.29 is 14.3 Å². The van der Waals surface area contributed by atoms with Gasteiger partial charge in [0.15, 0.2) is 0 Å². The second-order valence-electron chi connectivity index (χ2n) is 4.12. The number of methoxy groups -OCH3 is 1. The Balaban J connectivity index is 2.64. The molecule has 3 nitrogen and oxygen atoms in total. The topological polar surface area (TPSA) is 35.5 Å². The van der Waals surface area contributed by atoms with Crippen LogP contribution < -0.4 is 0 Å². The van der Waals surface area contributed by atoms with Crippen molar-refractivity contribution in [2.75, 3.05) is 13.7 Å². The first-order valence-corrected chi connectivity index (χ1v) is 7.57. The minimum atomic E-state index is -0.253. The van der Waals surface area contributed by atoms with Gasteiger partial charge in [-0.2, -0.15) is 0 Å². The van der Waals surface area contributed by atoms with E-state index in [9.17, 15) is 4.79 Å². The van der Waals surface area contributed by atoms with Gasteiger partial charge in [0.05, 0.1) is 13.2 Å². The predicted octanol–water partition coefficient (Wildman–Crippen LogP) is 4.30. The smallest absolute Gasteiger partial charge is 0.348 e. The van der Waals surface area contributed by atoms with Crippen molar-refractivity contribution in [1.29, 1.82) is 0 Å². The molecule has 0 unspecified atom stereocenters. The second-order valence-corrected chi connectivity index (χ2v) is 6.00. The van der Waals surface area contributed by atoms with E-state index in [1.807, 2.05) is 26.0 Å². The van der Waals surface area contributed by atoms with Gasteiger partial charge in [-0.05, 0) is 47.0 Å². The maximum atomic E-state index is 12.0. The number of aryl methyl sites for hydroxylation is 1. The molecular formula is C14H15BrO3S. The standard InChI is InChI=1S/C14H15BrO3S/c1-4-18-14(16)12-8(2)11-9(7-17-3)5-6-10(15)13(11)19-12/h5-6H,4,7H2,1-3H3. The van der Waals surface area contributed by atoms with Crippen LogP contribution in [0.4, 0.5) is 0 Å². The number of esters is 1. The Morgan fingerprint density at radius 2 is 2.16 bits per heavy atom. The minimum absolute atomic E-state index is 0.253. The molecule has 0 spiro atoms. The van der Waals surface area contributed by atoms with Crippen molar-refractivity contribution in [2.45, 2.75) is 20.5 Å². The molecule has 102 valence electrons. The van der Waals surface area contributed by atoms with E-state index in [2.05, 4.69) is 15.9 Å². The summed E-state index contributed by atoms with van der Waals surface area (Å²) in [6, 6.07) is 4.01. The average molecular weight is 343 g/mol. The van der Waals surface area contributed by atoms with Crippen molar-refractivity contribution in [3.8, 4) is 0 Å². The van der Waals surface area contributed by atoms with Gasteiger partial charge in [0.25, 0.3) is 0 Å². The van der Waals surface area contributed by atoms with E-state index in [1.54, 1.807) is 7.11 Å². The Bertz CT molecular complexity index is 619. The van der Waals surface area contributed by atoms with Gasteiger partial charge < -0.3 is 9.47 Å². The molecule has 0 saturated heterocycles. The molecule has 1 aromatic carbocycles. The summed E-state index contributed by atoms with van der Waals surface area (Å²) in [6.45, 7) is 4.69. The third-order valence-electron chi connectivity index (χ3n) is 2.88. The van der Waals surface area contributed by atoms with Crippen LogP contribution in [0, 0.1) is 6.92 Å². The Labute approximate surface area is 124 Å². The van der Waals surface area contributed by atoms with Crippen LogP contribution in [0.25, 0.3) is 10.1 Å². The number of hydrogen-bond acceptors (Lipinski definition) is 4. The molecule has 0 fully saturated rings. The van der Waals surface area contributed by atoms with Crippen LogP contribution in [0.3, 0.4) is 0 Å². The number of hydrogen-bond donors (Lipinski definition) is 0. The largest absolute Gasteiger partial charge is 0.462 e. The summed E-state index contributed by atoms with van der Waals surface area (Å²) in [5.74, 6) is -0.253. The van der Waals surface area contributed by atoms with Crippen molar-refractivity contribution in [1.82, 2.24) is 0 Å². The molecule has 0 aliphatic carbocycles. The summed E-state index contributed by atoms with van der Waals surface area (Å²) in [4.78, 5) is 12.6. The van der Waals surface area contributed by atoms with Crippen LogP contribution in [0.1, 0.15) is 27.7 Å². The van der Waals surface area contributed by atoms with Gasteiger partial charge in [-0.15, -0.1) is 11.3 Å². The molecule has 0 bridgehead atoms. The highest BCUT2D eigenvalue weighted by Crippen LogP contribution is 2.38. The number of ether oxygens (including phenoxy) is 2. The second kappa shape index (κ2) is 6.03. The lowest BCUT2D eigenvalue weighted by atomic mass is 10.1. The first-order chi connectivity index (χ1) is 9.10. The number of carbonyl (C=O) groups is 1. The van der Waals surface area contributed by atoms with E-state index in [0.29, 0.717) is 18.1 Å². The molecule has 0 radical (unpaired) electrons. The molecule has 1 aromatic heterocycles. The summed E-state index contributed by atoms with van der Waals surface area (Å²) in [6.07, 6.45) is 0. The fraction of sp³-hybridized carbons (Fsp3) is 0.357. The molecule has 0 aliphatic heterocycles. The predicted molar refractivity (Wildman–Crippen MR) is 80.9 cm³/mol. The van der Waals surface area contributed by atoms with Crippen molar-refractivity contribution in [3.63, 3.8) is 0 Å². The summed E-state index contributed by atoms with van der Waals surface area (Å²) >= 11 is 5.00. The monoisotopic (exact) mass is 342 g/mol. The third kappa shape index (κ3) is 2.68. The zero-order chi connectivity index (χ0) is 14.0. The van der Waals surface area contributed by atoms with Gasteiger partial charge in [0.1, 0.15) is 4.88 Å². The quantitative estimate of drug-likeness (QED) is 0.777. The molecule has 0 saturated carbocycles. The number of rotatable bonds is 4. The van der Waals surface area contributed by atoms with E-state index >= 15 is 0 Å². The first kappa shape index (κ1) is 14.5. The number of fused-ring (bicyclic) bond motifs is 1. The van der Waals surface area contributed by atoms with Crippen LogP contribution in [0.2, 0.25) is 0 Å². The van der Waals surface area contributed by atoms with Gasteiger partial charge >= 0.3 is 5.97 Å². The maximum Gasteiger partial charge on any atom is 0.348 e. The van der Waals surface area contributed by atoms with E-state index in [4.69, 9.17) is 9.47 Å². The van der Waals surface area contributed by atoms with E-state index in [1.165, 1.54) is 11.3 Å². The number of halogens is 1. The summed E-state index contributed by atoms with van der Waals surface area (Å²) in [5.41, 5.74) is 2.05. The van der Waals surface area contributed by atoms with Gasteiger partial charge in [-0.25, -0.2) is 4.79 Å². The number of thiophene rings is 1. The number of benzene rings is 1. The highest BCUT2D eigenvalue weighted by Gasteiger charge is 2.19. The molecule has 2 rings (SSSR count). The normalized spacial score (nSPS) is 10.9. The van der Waals surface area contributed by atoms with Gasteiger partial charge in [0, 0.05) is 21.7 Å². The van der Waals surface area contributed by atoms with E-state index in [0.717, 1.165) is 25.7 Å². The van der Waals surface area contributed by atoms with Gasteiger partial charge in [-0.1, -0.05) is 6.07 Å². The van der Waals surface area contributed by atoms with Crippen molar-refractivity contribution in [3.05, 3.63) is 32.6 Å². The minimum Gasteiger partial charge on any atom is -0.462 e. The average Bonchev–Trinajstić information content (AvgIpc) is 2.73. The van der Waals surface area contributed by atoms with E-state index < -0.39 is 0 Å². The zero-order valence-corrected chi connectivity index (χ0v) is 13.5. The summed E-state index contributed by atoms with van der Waals surface area (Å²) in [7, 11) is 1.67. The first-order valence-electron chi connectivity index (χ1n) is 5.96. The lowest BCUT2D eigenvalue weighted by Crippen LogP contribution is -2.03. The van der Waals surface area contributed by atoms with Crippen LogP contribution in [0.15, 0.2) is 16.6 Å². The lowest BCUT2D eigenvalue weighted by Gasteiger charge is -2.05. The van der Waals surface area contributed by atoms with Gasteiger partial charge in [-0.3, -0.25) is 0 Å².